The molecule has 1 aliphatic rings. The highest BCUT2D eigenvalue weighted by molar-refractivity contribution is 9.10. The Balaban J connectivity index is 1.83. The summed E-state index contributed by atoms with van der Waals surface area (Å²) in [7, 11) is 0. The number of hydrogen-bond acceptors (Lipinski definition) is 3. The summed E-state index contributed by atoms with van der Waals surface area (Å²) in [6.45, 7) is 1.12. The van der Waals surface area contributed by atoms with Crippen LogP contribution in [0.5, 0.6) is 0 Å². The molecule has 0 bridgehead atoms. The standard InChI is InChI=1S/C13H12BrN3O2/c14-8-2-1-3-9(6-8)15-13(18)12-10-4-5-19-7-11(10)16-17-12/h1-3,6H,4-5,7H2,(H,15,18)(H,16,17). The Morgan fingerprint density at radius 1 is 1.47 bits per heavy atom. The van der Waals surface area contributed by atoms with Gasteiger partial charge in [0.05, 0.1) is 18.9 Å². The SMILES string of the molecule is O=C(Nc1cccc(Br)c1)c1n[nH]c2c1CCOC2. The van der Waals surface area contributed by atoms with Gasteiger partial charge in [-0.25, -0.2) is 0 Å². The predicted octanol–water partition coefficient (Wildman–Crippen LogP) is 2.50. The van der Waals surface area contributed by atoms with Gasteiger partial charge >= 0.3 is 0 Å². The van der Waals surface area contributed by atoms with Gasteiger partial charge in [0, 0.05) is 22.1 Å². The van der Waals surface area contributed by atoms with Gasteiger partial charge in [0.1, 0.15) is 0 Å². The molecule has 3 rings (SSSR count). The molecule has 1 amide bonds. The van der Waals surface area contributed by atoms with E-state index < -0.39 is 0 Å². The van der Waals surface area contributed by atoms with E-state index in [1.165, 1.54) is 0 Å². The smallest absolute Gasteiger partial charge is 0.276 e. The van der Waals surface area contributed by atoms with Gasteiger partial charge in [-0.3, -0.25) is 9.89 Å². The molecule has 0 radical (unpaired) electrons. The number of H-pyrrole nitrogens is 1. The van der Waals surface area contributed by atoms with E-state index >= 15 is 0 Å². The summed E-state index contributed by atoms with van der Waals surface area (Å²) in [6, 6.07) is 7.46. The van der Waals surface area contributed by atoms with E-state index in [0.29, 0.717) is 25.3 Å². The Morgan fingerprint density at radius 2 is 2.37 bits per heavy atom. The van der Waals surface area contributed by atoms with Gasteiger partial charge in [0.25, 0.3) is 5.91 Å². The molecule has 5 nitrogen and oxygen atoms in total. The molecule has 0 saturated carbocycles. The third-order valence-corrected chi connectivity index (χ3v) is 3.49. The highest BCUT2D eigenvalue weighted by atomic mass is 79.9. The Kier molecular flexibility index (Phi) is 3.35. The quantitative estimate of drug-likeness (QED) is 0.893. The van der Waals surface area contributed by atoms with E-state index in [1.807, 2.05) is 24.3 Å². The van der Waals surface area contributed by atoms with E-state index in [-0.39, 0.29) is 5.91 Å². The van der Waals surface area contributed by atoms with Gasteiger partial charge < -0.3 is 10.1 Å². The Hall–Kier alpha value is -1.66. The van der Waals surface area contributed by atoms with Crippen LogP contribution in [0, 0.1) is 0 Å². The predicted molar refractivity (Wildman–Crippen MR) is 74.0 cm³/mol. The average Bonchev–Trinajstić information content (AvgIpc) is 2.82. The van der Waals surface area contributed by atoms with Crippen LogP contribution in [0.4, 0.5) is 5.69 Å². The molecule has 2 aromatic rings. The third kappa shape index (κ3) is 2.54. The minimum absolute atomic E-state index is 0.197. The molecule has 0 spiro atoms. The number of benzene rings is 1. The van der Waals surface area contributed by atoms with Crippen LogP contribution in [-0.4, -0.2) is 22.7 Å². The van der Waals surface area contributed by atoms with E-state index in [0.717, 1.165) is 21.4 Å². The number of carbonyl (C=O) groups excluding carboxylic acids is 1. The first-order valence-electron chi connectivity index (χ1n) is 5.95. The zero-order valence-corrected chi connectivity index (χ0v) is 11.7. The number of carbonyl (C=O) groups is 1. The molecule has 2 heterocycles. The van der Waals surface area contributed by atoms with Gasteiger partial charge in [0.2, 0.25) is 0 Å². The van der Waals surface area contributed by atoms with E-state index in [9.17, 15) is 4.79 Å². The summed E-state index contributed by atoms with van der Waals surface area (Å²) < 4.78 is 6.23. The number of amides is 1. The summed E-state index contributed by atoms with van der Waals surface area (Å²) >= 11 is 3.37. The molecule has 2 N–H and O–H groups in total. The number of hydrogen-bond donors (Lipinski definition) is 2. The van der Waals surface area contributed by atoms with Gasteiger partial charge in [0.15, 0.2) is 5.69 Å². The normalized spacial score (nSPS) is 13.9. The van der Waals surface area contributed by atoms with Crippen LogP contribution in [0.2, 0.25) is 0 Å². The molecule has 0 unspecified atom stereocenters. The maximum atomic E-state index is 12.2. The van der Waals surface area contributed by atoms with Crippen molar-refractivity contribution in [1.29, 1.82) is 0 Å². The third-order valence-electron chi connectivity index (χ3n) is 2.99. The molecule has 0 aliphatic carbocycles. The second-order valence-corrected chi connectivity index (χ2v) is 5.21. The lowest BCUT2D eigenvalue weighted by atomic mass is 10.1. The molecule has 98 valence electrons. The second-order valence-electron chi connectivity index (χ2n) is 4.30. The second kappa shape index (κ2) is 5.14. The number of ether oxygens (including phenoxy) is 1. The minimum atomic E-state index is -0.197. The van der Waals surface area contributed by atoms with Crippen molar-refractivity contribution in [2.24, 2.45) is 0 Å². The molecule has 19 heavy (non-hydrogen) atoms. The van der Waals surface area contributed by atoms with Crippen LogP contribution in [0.1, 0.15) is 21.7 Å². The average molecular weight is 322 g/mol. The molecule has 1 aromatic heterocycles. The van der Waals surface area contributed by atoms with Crippen molar-refractivity contribution in [2.45, 2.75) is 13.0 Å². The van der Waals surface area contributed by atoms with Crippen molar-refractivity contribution in [3.05, 3.63) is 45.7 Å². The van der Waals surface area contributed by atoms with E-state index in [2.05, 4.69) is 31.4 Å². The Morgan fingerprint density at radius 3 is 3.21 bits per heavy atom. The molecule has 1 aliphatic heterocycles. The maximum absolute atomic E-state index is 12.2. The Labute approximate surface area is 118 Å². The molecule has 0 fully saturated rings. The fourth-order valence-electron chi connectivity index (χ4n) is 2.08. The molecule has 0 saturated heterocycles. The van der Waals surface area contributed by atoms with Crippen molar-refractivity contribution in [2.75, 3.05) is 11.9 Å². The Bertz CT molecular complexity index is 624. The number of aromatic amines is 1. The first-order chi connectivity index (χ1) is 9.24. The fourth-order valence-corrected chi connectivity index (χ4v) is 2.48. The highest BCUT2D eigenvalue weighted by Gasteiger charge is 2.22. The first-order valence-corrected chi connectivity index (χ1v) is 6.74. The number of fused-ring (bicyclic) bond motifs is 1. The number of rotatable bonds is 2. The van der Waals surface area contributed by atoms with Crippen LogP contribution in [0.3, 0.4) is 0 Å². The number of halogens is 1. The lowest BCUT2D eigenvalue weighted by Crippen LogP contribution is -2.17. The monoisotopic (exact) mass is 321 g/mol. The van der Waals surface area contributed by atoms with Crippen LogP contribution in [0.15, 0.2) is 28.7 Å². The van der Waals surface area contributed by atoms with E-state index in [4.69, 9.17) is 4.74 Å². The fraction of sp³-hybridized carbons (Fsp3) is 0.231. The van der Waals surface area contributed by atoms with Crippen LogP contribution < -0.4 is 5.32 Å². The van der Waals surface area contributed by atoms with Crippen molar-refractivity contribution in [3.8, 4) is 0 Å². The lowest BCUT2D eigenvalue weighted by Gasteiger charge is -2.12. The van der Waals surface area contributed by atoms with Gasteiger partial charge in [-0.05, 0) is 18.2 Å². The molecular formula is C13H12BrN3O2. The van der Waals surface area contributed by atoms with Gasteiger partial charge in [-0.15, -0.1) is 0 Å². The maximum Gasteiger partial charge on any atom is 0.276 e. The number of anilines is 1. The summed E-state index contributed by atoms with van der Waals surface area (Å²) in [6.07, 6.45) is 0.715. The number of nitrogens with one attached hydrogen (secondary N) is 2. The van der Waals surface area contributed by atoms with Crippen molar-refractivity contribution >= 4 is 27.5 Å². The zero-order valence-electron chi connectivity index (χ0n) is 10.1. The van der Waals surface area contributed by atoms with Crippen molar-refractivity contribution in [3.63, 3.8) is 0 Å². The van der Waals surface area contributed by atoms with Crippen molar-refractivity contribution < 1.29 is 9.53 Å². The zero-order chi connectivity index (χ0) is 13.2. The molecule has 1 aromatic carbocycles. The first kappa shape index (κ1) is 12.4. The summed E-state index contributed by atoms with van der Waals surface area (Å²) in [5, 5.41) is 9.79. The van der Waals surface area contributed by atoms with E-state index in [1.54, 1.807) is 0 Å². The minimum Gasteiger partial charge on any atom is -0.375 e. The molecule has 0 atom stereocenters. The lowest BCUT2D eigenvalue weighted by molar-refractivity contribution is 0.100. The largest absolute Gasteiger partial charge is 0.375 e. The highest BCUT2D eigenvalue weighted by Crippen LogP contribution is 2.20. The summed E-state index contributed by atoms with van der Waals surface area (Å²) in [5.41, 5.74) is 3.05. The van der Waals surface area contributed by atoms with Crippen LogP contribution in [0.25, 0.3) is 0 Å². The number of aromatic nitrogens is 2. The van der Waals surface area contributed by atoms with Crippen LogP contribution in [-0.2, 0) is 17.8 Å². The number of nitrogens with zero attached hydrogens (tertiary/aromatic N) is 1. The van der Waals surface area contributed by atoms with Gasteiger partial charge in [-0.1, -0.05) is 22.0 Å². The molecular weight excluding hydrogens is 310 g/mol. The topological polar surface area (TPSA) is 67.0 Å². The summed E-state index contributed by atoms with van der Waals surface area (Å²) in [4.78, 5) is 12.2. The van der Waals surface area contributed by atoms with Crippen LogP contribution >= 0.6 is 15.9 Å². The molecule has 6 heteroatoms. The van der Waals surface area contributed by atoms with Crippen molar-refractivity contribution in [1.82, 2.24) is 10.2 Å². The van der Waals surface area contributed by atoms with Gasteiger partial charge in [-0.2, -0.15) is 5.10 Å². The summed E-state index contributed by atoms with van der Waals surface area (Å²) in [5.74, 6) is -0.197.